The van der Waals surface area contributed by atoms with Crippen LogP contribution >= 0.6 is 0 Å². The Morgan fingerprint density at radius 2 is 2.06 bits per heavy atom. The van der Waals surface area contributed by atoms with Crippen molar-refractivity contribution in [2.24, 2.45) is 10.2 Å². The van der Waals surface area contributed by atoms with E-state index >= 15 is 0 Å². The molecule has 4 aliphatic rings. The summed E-state index contributed by atoms with van der Waals surface area (Å²) in [7, 11) is 0. The quantitative estimate of drug-likeness (QED) is 0.722. The Hall–Kier alpha value is -3.32. The molecule has 0 aliphatic carbocycles. The van der Waals surface area contributed by atoms with E-state index in [2.05, 4.69) is 64.0 Å². The number of pyridine rings is 1. The monoisotopic (exact) mass is 455 g/mol. The Bertz CT molecular complexity index is 1260. The van der Waals surface area contributed by atoms with Gasteiger partial charge in [0.1, 0.15) is 0 Å². The van der Waals surface area contributed by atoms with Crippen LogP contribution in [0.25, 0.3) is 11.1 Å². The topological polar surface area (TPSA) is 88.0 Å². The molecule has 2 aromatic rings. The number of aromatic nitrogens is 1. The van der Waals surface area contributed by atoms with Crippen LogP contribution in [0.3, 0.4) is 0 Å². The standard InChI is InChI=1S/C27H29N5O2/c1-3-27(19-6-4-5-18(13-19)20-7-10-28-15-17(20)2)21-16-29-32-24(21)30-22-14-26(8-11-34-12-9-26)31-25(33)23(22)27/h4-7,10,13,15-16,24,30H,3,8-9,11-12,14H2,1-2H3,(H,31,33)/t24?,27-/m1/s1. The molecule has 5 heterocycles. The zero-order valence-electron chi connectivity index (χ0n) is 19.6. The normalized spacial score (nSPS) is 27.1. The molecule has 1 aromatic heterocycles. The first-order chi connectivity index (χ1) is 16.6. The van der Waals surface area contributed by atoms with Crippen LogP contribution in [0.15, 0.2) is 76.0 Å². The molecule has 1 fully saturated rings. The first kappa shape index (κ1) is 21.2. The first-order valence-electron chi connectivity index (χ1n) is 12.1. The van der Waals surface area contributed by atoms with Crippen molar-refractivity contribution in [2.75, 3.05) is 13.2 Å². The minimum Gasteiger partial charge on any atom is -0.381 e. The first-order valence-corrected chi connectivity index (χ1v) is 12.1. The van der Waals surface area contributed by atoms with Crippen molar-refractivity contribution in [3.8, 4) is 11.1 Å². The van der Waals surface area contributed by atoms with Crippen LogP contribution in [0.5, 0.6) is 0 Å². The second kappa shape index (κ2) is 7.87. The van der Waals surface area contributed by atoms with Gasteiger partial charge in [0.15, 0.2) is 6.17 Å². The molecule has 174 valence electrons. The predicted octanol–water partition coefficient (Wildman–Crippen LogP) is 4.31. The maximum Gasteiger partial charge on any atom is 0.250 e. The van der Waals surface area contributed by atoms with Crippen LogP contribution < -0.4 is 10.6 Å². The summed E-state index contributed by atoms with van der Waals surface area (Å²) in [6.45, 7) is 5.57. The number of benzene rings is 1. The minimum absolute atomic E-state index is 0.00856. The molecule has 1 aromatic carbocycles. The highest BCUT2D eigenvalue weighted by atomic mass is 16.5. The lowest BCUT2D eigenvalue weighted by Crippen LogP contribution is -2.61. The zero-order valence-corrected chi connectivity index (χ0v) is 19.6. The van der Waals surface area contributed by atoms with Gasteiger partial charge in [-0.1, -0.05) is 25.1 Å². The number of ether oxygens (including phenoxy) is 1. The van der Waals surface area contributed by atoms with Crippen molar-refractivity contribution in [2.45, 2.75) is 56.7 Å². The maximum atomic E-state index is 13.9. The van der Waals surface area contributed by atoms with Gasteiger partial charge in [-0.2, -0.15) is 10.2 Å². The highest BCUT2D eigenvalue weighted by Crippen LogP contribution is 2.52. The van der Waals surface area contributed by atoms with Crippen molar-refractivity contribution in [1.82, 2.24) is 15.6 Å². The molecule has 2 atom stereocenters. The van der Waals surface area contributed by atoms with E-state index in [0.29, 0.717) is 13.2 Å². The average Bonchev–Trinajstić information content (AvgIpc) is 3.32. The summed E-state index contributed by atoms with van der Waals surface area (Å²) in [6.07, 6.45) is 8.46. The van der Waals surface area contributed by atoms with Gasteiger partial charge < -0.3 is 15.4 Å². The van der Waals surface area contributed by atoms with Crippen LogP contribution in [-0.4, -0.2) is 35.8 Å². The lowest BCUT2D eigenvalue weighted by atomic mass is 9.61. The lowest BCUT2D eigenvalue weighted by molar-refractivity contribution is -0.122. The third-order valence-corrected chi connectivity index (χ3v) is 7.99. The van der Waals surface area contributed by atoms with E-state index in [-0.39, 0.29) is 17.6 Å². The third-order valence-electron chi connectivity index (χ3n) is 7.99. The molecule has 34 heavy (non-hydrogen) atoms. The summed E-state index contributed by atoms with van der Waals surface area (Å²) >= 11 is 0. The Morgan fingerprint density at radius 1 is 1.21 bits per heavy atom. The molecule has 0 saturated carbocycles. The van der Waals surface area contributed by atoms with Gasteiger partial charge >= 0.3 is 0 Å². The molecule has 1 spiro atoms. The van der Waals surface area contributed by atoms with Gasteiger partial charge in [0.05, 0.1) is 22.7 Å². The number of hydrogen-bond donors (Lipinski definition) is 2. The number of aryl methyl sites for hydroxylation is 1. The molecule has 6 rings (SSSR count). The molecule has 7 heteroatoms. The molecule has 1 unspecified atom stereocenters. The Balaban J connectivity index is 1.53. The van der Waals surface area contributed by atoms with E-state index in [9.17, 15) is 4.79 Å². The third kappa shape index (κ3) is 3.06. The van der Waals surface area contributed by atoms with Crippen molar-refractivity contribution < 1.29 is 9.53 Å². The number of hydrogen-bond acceptors (Lipinski definition) is 6. The lowest BCUT2D eigenvalue weighted by Gasteiger charge is -2.50. The summed E-state index contributed by atoms with van der Waals surface area (Å²) in [5, 5.41) is 15.8. The van der Waals surface area contributed by atoms with Gasteiger partial charge in [0.25, 0.3) is 5.91 Å². The number of azo groups is 1. The maximum absolute atomic E-state index is 13.9. The van der Waals surface area contributed by atoms with E-state index in [1.807, 2.05) is 24.7 Å². The number of amides is 1. The number of nitrogens with zero attached hydrogens (tertiary/aromatic N) is 3. The summed E-state index contributed by atoms with van der Waals surface area (Å²) in [5.74, 6) is 0.00856. The zero-order chi connectivity index (χ0) is 23.3. The predicted molar refractivity (Wildman–Crippen MR) is 129 cm³/mol. The van der Waals surface area contributed by atoms with Crippen LogP contribution in [0, 0.1) is 6.92 Å². The number of carbonyl (C=O) groups excluding carboxylic acids is 1. The molecule has 0 radical (unpaired) electrons. The fourth-order valence-electron chi connectivity index (χ4n) is 6.25. The Kier molecular flexibility index (Phi) is 4.92. The van der Waals surface area contributed by atoms with Crippen molar-refractivity contribution in [1.29, 1.82) is 0 Å². The van der Waals surface area contributed by atoms with Crippen LogP contribution in [0.4, 0.5) is 0 Å². The van der Waals surface area contributed by atoms with Crippen molar-refractivity contribution >= 4 is 5.91 Å². The average molecular weight is 456 g/mol. The molecule has 0 bridgehead atoms. The van der Waals surface area contributed by atoms with E-state index in [4.69, 9.17) is 4.74 Å². The Labute approximate surface area is 199 Å². The molecule has 4 aliphatic heterocycles. The fraction of sp³-hybridized carbons (Fsp3) is 0.407. The van der Waals surface area contributed by atoms with E-state index < -0.39 is 5.41 Å². The van der Waals surface area contributed by atoms with Gasteiger partial charge in [-0.3, -0.25) is 9.78 Å². The fourth-order valence-corrected chi connectivity index (χ4v) is 6.25. The summed E-state index contributed by atoms with van der Waals surface area (Å²) in [5.41, 5.74) is 6.48. The summed E-state index contributed by atoms with van der Waals surface area (Å²) in [6, 6.07) is 10.6. The second-order valence-electron chi connectivity index (χ2n) is 9.77. The number of nitrogens with one attached hydrogen (secondary N) is 2. The van der Waals surface area contributed by atoms with Crippen LogP contribution in [0.2, 0.25) is 0 Å². The largest absolute Gasteiger partial charge is 0.381 e. The molecule has 7 nitrogen and oxygen atoms in total. The SMILES string of the molecule is CC[C@@]1(c2cccc(-c3ccncc3C)c2)C2=CN=NC2NC2=C1C(=O)NC1(CCOCC1)C2. The van der Waals surface area contributed by atoms with Gasteiger partial charge in [0.2, 0.25) is 0 Å². The molecular formula is C27H29N5O2. The molecule has 1 saturated heterocycles. The van der Waals surface area contributed by atoms with Gasteiger partial charge in [0, 0.05) is 43.3 Å². The Morgan fingerprint density at radius 3 is 2.85 bits per heavy atom. The van der Waals surface area contributed by atoms with E-state index in [0.717, 1.165) is 64.8 Å². The van der Waals surface area contributed by atoms with Crippen molar-refractivity contribution in [3.05, 3.63) is 76.9 Å². The van der Waals surface area contributed by atoms with Gasteiger partial charge in [-0.15, -0.1) is 0 Å². The minimum atomic E-state index is -0.595. The van der Waals surface area contributed by atoms with Crippen LogP contribution in [0.1, 0.15) is 43.7 Å². The highest BCUT2D eigenvalue weighted by Gasteiger charge is 2.54. The smallest absolute Gasteiger partial charge is 0.250 e. The number of rotatable bonds is 3. The number of fused-ring (bicyclic) bond motifs is 1. The van der Waals surface area contributed by atoms with Crippen molar-refractivity contribution in [3.63, 3.8) is 0 Å². The van der Waals surface area contributed by atoms with Gasteiger partial charge in [-0.25, -0.2) is 0 Å². The second-order valence-corrected chi connectivity index (χ2v) is 9.77. The summed E-state index contributed by atoms with van der Waals surface area (Å²) in [4.78, 5) is 18.2. The van der Waals surface area contributed by atoms with E-state index in [1.165, 1.54) is 0 Å². The highest BCUT2D eigenvalue weighted by molar-refractivity contribution is 6.00. The molecular weight excluding hydrogens is 426 g/mol. The molecule has 2 N–H and O–H groups in total. The number of carbonyl (C=O) groups is 1. The summed E-state index contributed by atoms with van der Waals surface area (Å²) < 4.78 is 5.60. The van der Waals surface area contributed by atoms with E-state index in [1.54, 1.807) is 0 Å². The van der Waals surface area contributed by atoms with Gasteiger partial charge in [-0.05, 0) is 60.6 Å². The van der Waals surface area contributed by atoms with Crippen LogP contribution in [-0.2, 0) is 14.9 Å². The molecule has 1 amide bonds.